The fourth-order valence-electron chi connectivity index (χ4n) is 2.81. The molecule has 0 atom stereocenters. The molecule has 1 fully saturated rings. The van der Waals surface area contributed by atoms with Gasteiger partial charge in [0.15, 0.2) is 5.13 Å². The van der Waals surface area contributed by atoms with Gasteiger partial charge in [0.2, 0.25) is 0 Å². The number of aromatic nitrogens is 1. The molecule has 0 radical (unpaired) electrons. The first-order valence-corrected chi connectivity index (χ1v) is 9.02. The van der Waals surface area contributed by atoms with Gasteiger partial charge < -0.3 is 19.1 Å². The summed E-state index contributed by atoms with van der Waals surface area (Å²) in [7, 11) is 3.09. The maximum absolute atomic E-state index is 12.4. The van der Waals surface area contributed by atoms with Crippen molar-refractivity contribution in [1.29, 1.82) is 0 Å². The van der Waals surface area contributed by atoms with Crippen LogP contribution in [0.5, 0.6) is 11.5 Å². The van der Waals surface area contributed by atoms with E-state index in [-0.39, 0.29) is 12.1 Å². The van der Waals surface area contributed by atoms with Gasteiger partial charge in [-0.1, -0.05) is 23.5 Å². The van der Waals surface area contributed by atoms with Gasteiger partial charge in [0.1, 0.15) is 17.6 Å². The van der Waals surface area contributed by atoms with Gasteiger partial charge in [0, 0.05) is 6.07 Å². The van der Waals surface area contributed by atoms with E-state index in [2.05, 4.69) is 16.0 Å². The van der Waals surface area contributed by atoms with Crippen molar-refractivity contribution in [1.82, 2.24) is 4.98 Å². The van der Waals surface area contributed by atoms with E-state index < -0.39 is 0 Å². The molecule has 1 saturated heterocycles. The first-order valence-electron chi connectivity index (χ1n) is 8.21. The summed E-state index contributed by atoms with van der Waals surface area (Å²) in [6.45, 7) is 1.29. The van der Waals surface area contributed by atoms with Crippen LogP contribution in [0.3, 0.4) is 0 Å². The lowest BCUT2D eigenvalue weighted by molar-refractivity contribution is 0.0233. The second-order valence-electron chi connectivity index (χ2n) is 6.00. The number of benzene rings is 2. The Bertz CT molecular complexity index is 894. The highest BCUT2D eigenvalue weighted by Gasteiger charge is 2.32. The summed E-state index contributed by atoms with van der Waals surface area (Å²) in [6.07, 6.45) is -0.147. The van der Waals surface area contributed by atoms with Crippen LogP contribution in [0.1, 0.15) is 10.4 Å². The molecule has 7 heteroatoms. The number of esters is 1. The lowest BCUT2D eigenvalue weighted by Gasteiger charge is -2.38. The number of carbonyl (C=O) groups excluding carboxylic acids is 1. The highest BCUT2D eigenvalue weighted by atomic mass is 32.1. The van der Waals surface area contributed by atoms with Crippen molar-refractivity contribution in [2.75, 3.05) is 32.2 Å². The highest BCUT2D eigenvalue weighted by Crippen LogP contribution is 2.32. The summed E-state index contributed by atoms with van der Waals surface area (Å²) in [6, 6.07) is 13.1. The summed E-state index contributed by atoms with van der Waals surface area (Å²) in [4.78, 5) is 19.1. The third-order valence-corrected chi connectivity index (χ3v) is 5.36. The average Bonchev–Trinajstić information content (AvgIpc) is 3.06. The molecule has 3 aromatic rings. The summed E-state index contributed by atoms with van der Waals surface area (Å²) in [5.74, 6) is 0.734. The number of hydrogen-bond acceptors (Lipinski definition) is 7. The van der Waals surface area contributed by atoms with Gasteiger partial charge in [-0.05, 0) is 24.3 Å². The van der Waals surface area contributed by atoms with Crippen LogP contribution in [-0.4, -0.2) is 44.4 Å². The summed E-state index contributed by atoms with van der Waals surface area (Å²) < 4.78 is 17.1. The Kier molecular flexibility index (Phi) is 4.38. The highest BCUT2D eigenvalue weighted by molar-refractivity contribution is 7.22. The molecular weight excluding hydrogens is 352 g/mol. The molecule has 0 saturated carbocycles. The van der Waals surface area contributed by atoms with Crippen LogP contribution in [0.15, 0.2) is 42.5 Å². The van der Waals surface area contributed by atoms with Crippen molar-refractivity contribution >= 4 is 32.7 Å². The number of nitrogens with zero attached hydrogens (tertiary/aromatic N) is 2. The SMILES string of the molecule is COc1cc(OC)cc(C(=O)OC2CN(c3nc4ccccc4s3)C2)c1. The average molecular weight is 370 g/mol. The summed E-state index contributed by atoms with van der Waals surface area (Å²) in [5, 5.41) is 0.960. The second-order valence-corrected chi connectivity index (χ2v) is 7.01. The van der Waals surface area contributed by atoms with E-state index in [1.165, 1.54) is 0 Å². The molecule has 0 spiro atoms. The van der Waals surface area contributed by atoms with Gasteiger partial charge in [-0.2, -0.15) is 0 Å². The van der Waals surface area contributed by atoms with Crippen molar-refractivity contribution in [3.63, 3.8) is 0 Å². The number of hydrogen-bond donors (Lipinski definition) is 0. The van der Waals surface area contributed by atoms with E-state index >= 15 is 0 Å². The Morgan fingerprint density at radius 3 is 2.46 bits per heavy atom. The third kappa shape index (κ3) is 3.17. The van der Waals surface area contributed by atoms with Gasteiger partial charge >= 0.3 is 5.97 Å². The lowest BCUT2D eigenvalue weighted by atomic mass is 10.1. The summed E-state index contributed by atoms with van der Waals surface area (Å²) >= 11 is 1.65. The molecule has 26 heavy (non-hydrogen) atoms. The van der Waals surface area contributed by atoms with E-state index in [9.17, 15) is 4.79 Å². The predicted molar refractivity (Wildman–Crippen MR) is 101 cm³/mol. The van der Waals surface area contributed by atoms with Crippen LogP contribution in [0, 0.1) is 0 Å². The van der Waals surface area contributed by atoms with E-state index in [4.69, 9.17) is 14.2 Å². The standard InChI is InChI=1S/C19H18N2O4S/c1-23-13-7-12(8-14(9-13)24-2)18(22)25-15-10-21(11-15)19-20-16-5-3-4-6-17(16)26-19/h3-9,15H,10-11H2,1-2H3. The monoisotopic (exact) mass is 370 g/mol. The minimum Gasteiger partial charge on any atom is -0.497 e. The van der Waals surface area contributed by atoms with Crippen LogP contribution >= 0.6 is 11.3 Å². The summed E-state index contributed by atoms with van der Waals surface area (Å²) in [5.41, 5.74) is 1.41. The van der Waals surface area contributed by atoms with Gasteiger partial charge in [0.25, 0.3) is 0 Å². The number of carbonyl (C=O) groups is 1. The Hall–Kier alpha value is -2.80. The number of rotatable bonds is 5. The molecule has 0 amide bonds. The Morgan fingerprint density at radius 1 is 1.12 bits per heavy atom. The smallest absolute Gasteiger partial charge is 0.338 e. The van der Waals surface area contributed by atoms with Crippen LogP contribution in [0.2, 0.25) is 0 Å². The van der Waals surface area contributed by atoms with E-state index in [1.807, 2.05) is 18.2 Å². The van der Waals surface area contributed by atoms with E-state index in [0.29, 0.717) is 30.2 Å². The topological polar surface area (TPSA) is 60.9 Å². The van der Waals surface area contributed by atoms with Gasteiger partial charge in [-0.15, -0.1) is 0 Å². The predicted octanol–water partition coefficient (Wildman–Crippen LogP) is 3.36. The number of thiazole rings is 1. The minimum atomic E-state index is -0.379. The molecule has 0 bridgehead atoms. The molecule has 134 valence electrons. The number of ether oxygens (including phenoxy) is 3. The molecule has 2 aromatic carbocycles. The van der Waals surface area contributed by atoms with Crippen LogP contribution < -0.4 is 14.4 Å². The molecule has 1 aliphatic rings. The fraction of sp³-hybridized carbons (Fsp3) is 0.263. The lowest BCUT2D eigenvalue weighted by Crippen LogP contribution is -2.53. The van der Waals surface area contributed by atoms with Crippen molar-refractivity contribution in [3.05, 3.63) is 48.0 Å². The van der Waals surface area contributed by atoms with Crippen LogP contribution in [-0.2, 0) is 4.74 Å². The zero-order valence-electron chi connectivity index (χ0n) is 14.5. The first-order chi connectivity index (χ1) is 12.7. The first kappa shape index (κ1) is 16.7. The molecule has 0 unspecified atom stereocenters. The molecule has 0 N–H and O–H groups in total. The van der Waals surface area contributed by atoms with Crippen molar-refractivity contribution in [2.24, 2.45) is 0 Å². The quantitative estimate of drug-likeness (QED) is 0.642. The molecule has 1 aromatic heterocycles. The van der Waals surface area contributed by atoms with E-state index in [1.54, 1.807) is 43.8 Å². The fourth-order valence-corrected chi connectivity index (χ4v) is 3.79. The molecule has 0 aliphatic carbocycles. The van der Waals surface area contributed by atoms with Gasteiger partial charge in [-0.3, -0.25) is 0 Å². The molecular formula is C19H18N2O4S. The molecule has 4 rings (SSSR count). The normalized spacial score (nSPS) is 14.2. The van der Waals surface area contributed by atoms with Crippen molar-refractivity contribution in [3.8, 4) is 11.5 Å². The number of methoxy groups -OCH3 is 2. The maximum Gasteiger partial charge on any atom is 0.338 e. The maximum atomic E-state index is 12.4. The number of anilines is 1. The number of para-hydroxylation sites is 1. The molecule has 1 aliphatic heterocycles. The van der Waals surface area contributed by atoms with Crippen LogP contribution in [0.4, 0.5) is 5.13 Å². The van der Waals surface area contributed by atoms with Crippen molar-refractivity contribution < 1.29 is 19.0 Å². The van der Waals surface area contributed by atoms with E-state index in [0.717, 1.165) is 15.3 Å². The minimum absolute atomic E-state index is 0.147. The third-order valence-electron chi connectivity index (χ3n) is 4.26. The Morgan fingerprint density at radius 2 is 1.81 bits per heavy atom. The Balaban J connectivity index is 1.40. The number of fused-ring (bicyclic) bond motifs is 1. The molecule has 2 heterocycles. The van der Waals surface area contributed by atoms with Crippen molar-refractivity contribution in [2.45, 2.75) is 6.10 Å². The second kappa shape index (κ2) is 6.84. The van der Waals surface area contributed by atoms with Gasteiger partial charge in [0.05, 0.1) is 43.1 Å². The van der Waals surface area contributed by atoms with Crippen LogP contribution in [0.25, 0.3) is 10.2 Å². The zero-order valence-corrected chi connectivity index (χ0v) is 15.3. The molecule has 6 nitrogen and oxygen atoms in total. The zero-order chi connectivity index (χ0) is 18.1. The Labute approximate surface area is 154 Å². The van der Waals surface area contributed by atoms with Gasteiger partial charge in [-0.25, -0.2) is 9.78 Å². The largest absolute Gasteiger partial charge is 0.497 e.